The van der Waals surface area contributed by atoms with Crippen LogP contribution >= 0.6 is 0 Å². The topological polar surface area (TPSA) is 70.8 Å². The molecule has 2 aromatic carbocycles. The van der Waals surface area contributed by atoms with E-state index in [2.05, 4.69) is 4.98 Å². The van der Waals surface area contributed by atoms with Gasteiger partial charge in [0.25, 0.3) is 0 Å². The lowest BCUT2D eigenvalue weighted by Crippen LogP contribution is -2.30. The number of nitrogens with two attached hydrogens (primary N) is 1. The van der Waals surface area contributed by atoms with Crippen molar-refractivity contribution in [2.75, 3.05) is 0 Å². The van der Waals surface area contributed by atoms with Gasteiger partial charge in [-0.25, -0.2) is 14.2 Å². The Morgan fingerprint density at radius 2 is 1.57 bits per heavy atom. The molecule has 0 aliphatic heterocycles. The first-order valence-corrected chi connectivity index (χ1v) is 10.6. The number of nitrogens with zero attached hydrogens (tertiary/aromatic N) is 4. The Labute approximate surface area is 193 Å². The molecular formula is C22H20F7N5O. The van der Waals surface area contributed by atoms with Crippen LogP contribution in [0.25, 0.3) is 22.1 Å². The van der Waals surface area contributed by atoms with Crippen molar-refractivity contribution in [3.63, 3.8) is 0 Å². The molecule has 4 aromatic rings. The summed E-state index contributed by atoms with van der Waals surface area (Å²) in [4.78, 5) is 17.4. The van der Waals surface area contributed by atoms with Crippen molar-refractivity contribution < 1.29 is 30.7 Å². The zero-order valence-electron chi connectivity index (χ0n) is 18.1. The van der Waals surface area contributed by atoms with Crippen LogP contribution in [0.15, 0.2) is 41.2 Å². The number of aryl methyl sites for hydroxylation is 1. The lowest BCUT2D eigenvalue weighted by molar-refractivity contribution is -0.140. The first-order valence-electron chi connectivity index (χ1n) is 10.6. The zero-order valence-corrected chi connectivity index (χ0v) is 18.1. The molecule has 0 aliphatic rings. The van der Waals surface area contributed by atoms with E-state index in [0.717, 1.165) is 22.8 Å². The molecule has 188 valence electrons. The summed E-state index contributed by atoms with van der Waals surface area (Å²) in [5.74, 6) is -0.615. The summed E-state index contributed by atoms with van der Waals surface area (Å²) in [6.45, 7) is -1.86. The third-order valence-electron chi connectivity index (χ3n) is 5.59. The van der Waals surface area contributed by atoms with E-state index in [-0.39, 0.29) is 42.9 Å². The van der Waals surface area contributed by atoms with Gasteiger partial charge in [-0.1, -0.05) is 6.07 Å². The first kappa shape index (κ1) is 24.8. The van der Waals surface area contributed by atoms with Gasteiger partial charge in [-0.2, -0.15) is 26.3 Å². The van der Waals surface area contributed by atoms with E-state index in [9.17, 15) is 35.5 Å². The molecular weight excluding hydrogens is 483 g/mol. The predicted molar refractivity (Wildman–Crippen MR) is 114 cm³/mol. The number of alkyl halides is 6. The first-order chi connectivity index (χ1) is 16.4. The molecule has 0 saturated carbocycles. The maximum Gasteiger partial charge on any atom is 0.406 e. The molecule has 2 heterocycles. The van der Waals surface area contributed by atoms with Crippen molar-refractivity contribution in [1.29, 1.82) is 0 Å². The van der Waals surface area contributed by atoms with E-state index in [4.69, 9.17) is 5.73 Å². The van der Waals surface area contributed by atoms with Crippen molar-refractivity contribution in [3.8, 4) is 0 Å². The molecule has 0 aliphatic carbocycles. The molecule has 2 aromatic heterocycles. The molecule has 0 saturated heterocycles. The average molecular weight is 503 g/mol. The SMILES string of the molecule is NCc1ccc2c(c1)nc(Cn1c(=O)n(CC(F)(F)F)c3ccc(F)cc31)n2CCCC(F)(F)F. The molecule has 0 fully saturated rings. The number of rotatable bonds is 7. The quantitative estimate of drug-likeness (QED) is 0.372. The van der Waals surface area contributed by atoms with Crippen molar-refractivity contribution in [1.82, 2.24) is 18.7 Å². The van der Waals surface area contributed by atoms with Crippen molar-refractivity contribution in [2.45, 2.75) is 51.4 Å². The van der Waals surface area contributed by atoms with Crippen LogP contribution in [-0.2, 0) is 26.2 Å². The zero-order chi connectivity index (χ0) is 25.5. The fourth-order valence-electron chi connectivity index (χ4n) is 4.08. The highest BCUT2D eigenvalue weighted by molar-refractivity contribution is 5.78. The third-order valence-corrected chi connectivity index (χ3v) is 5.59. The molecule has 0 spiro atoms. The van der Waals surface area contributed by atoms with Gasteiger partial charge >= 0.3 is 18.0 Å². The summed E-state index contributed by atoms with van der Waals surface area (Å²) < 4.78 is 94.4. The number of hydrogen-bond acceptors (Lipinski definition) is 3. The van der Waals surface area contributed by atoms with E-state index < -0.39 is 36.8 Å². The minimum atomic E-state index is -4.71. The Morgan fingerprint density at radius 1 is 0.857 bits per heavy atom. The van der Waals surface area contributed by atoms with E-state index in [1.807, 2.05) is 0 Å². The molecule has 6 nitrogen and oxygen atoms in total. The van der Waals surface area contributed by atoms with E-state index in [0.29, 0.717) is 21.2 Å². The van der Waals surface area contributed by atoms with Gasteiger partial charge in [0.05, 0.1) is 28.6 Å². The molecule has 35 heavy (non-hydrogen) atoms. The molecule has 0 amide bonds. The summed E-state index contributed by atoms with van der Waals surface area (Å²) in [6, 6.07) is 7.93. The Kier molecular flexibility index (Phi) is 6.38. The summed E-state index contributed by atoms with van der Waals surface area (Å²) in [6.07, 6.45) is -10.4. The Balaban J connectivity index is 1.83. The third kappa shape index (κ3) is 5.34. The van der Waals surface area contributed by atoms with Gasteiger partial charge in [0.2, 0.25) is 0 Å². The Hall–Kier alpha value is -3.35. The van der Waals surface area contributed by atoms with Crippen LogP contribution in [0, 0.1) is 5.82 Å². The fourth-order valence-corrected chi connectivity index (χ4v) is 4.08. The van der Waals surface area contributed by atoms with Gasteiger partial charge in [0, 0.05) is 19.5 Å². The summed E-state index contributed by atoms with van der Waals surface area (Å²) in [5, 5.41) is 0. The highest BCUT2D eigenvalue weighted by Gasteiger charge is 2.31. The monoisotopic (exact) mass is 503 g/mol. The number of imidazole rings is 2. The highest BCUT2D eigenvalue weighted by Crippen LogP contribution is 2.26. The smallest absolute Gasteiger partial charge is 0.326 e. The van der Waals surface area contributed by atoms with Crippen LogP contribution in [0.1, 0.15) is 24.2 Å². The Morgan fingerprint density at radius 3 is 2.23 bits per heavy atom. The van der Waals surface area contributed by atoms with Gasteiger partial charge in [0.15, 0.2) is 0 Å². The van der Waals surface area contributed by atoms with E-state index in [1.54, 1.807) is 18.2 Å². The van der Waals surface area contributed by atoms with Gasteiger partial charge in [-0.15, -0.1) is 0 Å². The molecule has 0 bridgehead atoms. The van der Waals surface area contributed by atoms with Gasteiger partial charge < -0.3 is 10.3 Å². The number of fused-ring (bicyclic) bond motifs is 2. The second kappa shape index (κ2) is 9.02. The minimum absolute atomic E-state index is 0.0872. The largest absolute Gasteiger partial charge is 0.406 e. The highest BCUT2D eigenvalue weighted by atomic mass is 19.4. The predicted octanol–water partition coefficient (Wildman–Crippen LogP) is 4.70. The molecule has 2 N–H and O–H groups in total. The summed E-state index contributed by atoms with van der Waals surface area (Å²) >= 11 is 0. The van der Waals surface area contributed by atoms with Crippen LogP contribution in [0.5, 0.6) is 0 Å². The number of benzene rings is 2. The minimum Gasteiger partial charge on any atom is -0.326 e. The molecule has 4 rings (SSSR count). The maximum absolute atomic E-state index is 14.0. The molecule has 0 radical (unpaired) electrons. The summed E-state index contributed by atoms with van der Waals surface area (Å²) in [5.41, 5.74) is 6.00. The molecule has 0 atom stereocenters. The van der Waals surface area contributed by atoms with Crippen LogP contribution in [0.3, 0.4) is 0 Å². The Bertz CT molecular complexity index is 1430. The second-order valence-corrected chi connectivity index (χ2v) is 8.13. The number of aromatic nitrogens is 4. The maximum atomic E-state index is 14.0. The van der Waals surface area contributed by atoms with Crippen molar-refractivity contribution in [3.05, 3.63) is 64.1 Å². The van der Waals surface area contributed by atoms with Crippen molar-refractivity contribution in [2.24, 2.45) is 5.73 Å². The van der Waals surface area contributed by atoms with Crippen LogP contribution in [-0.4, -0.2) is 31.0 Å². The van der Waals surface area contributed by atoms with Gasteiger partial charge in [0.1, 0.15) is 18.2 Å². The van der Waals surface area contributed by atoms with Crippen molar-refractivity contribution >= 4 is 22.1 Å². The lowest BCUT2D eigenvalue weighted by Gasteiger charge is -2.11. The van der Waals surface area contributed by atoms with Crippen LogP contribution in [0.2, 0.25) is 0 Å². The van der Waals surface area contributed by atoms with Crippen LogP contribution < -0.4 is 11.4 Å². The fraction of sp³-hybridized carbons (Fsp3) is 0.364. The van der Waals surface area contributed by atoms with E-state index in [1.165, 1.54) is 4.57 Å². The summed E-state index contributed by atoms with van der Waals surface area (Å²) in [7, 11) is 0. The lowest BCUT2D eigenvalue weighted by atomic mass is 10.2. The molecule has 13 heteroatoms. The van der Waals surface area contributed by atoms with E-state index >= 15 is 0 Å². The van der Waals surface area contributed by atoms with Gasteiger partial charge in [-0.3, -0.25) is 9.13 Å². The number of halogens is 7. The second-order valence-electron chi connectivity index (χ2n) is 8.13. The average Bonchev–Trinajstić information content (AvgIpc) is 3.21. The van der Waals surface area contributed by atoms with Crippen LogP contribution in [0.4, 0.5) is 30.7 Å². The number of hydrogen-bond donors (Lipinski definition) is 1. The van der Waals surface area contributed by atoms with Gasteiger partial charge in [-0.05, 0) is 42.3 Å². The molecule has 0 unspecified atom stereocenters. The standard InChI is InChI=1S/C22H20F7N5O/c23-14-3-5-17-18(9-14)33(20(35)34(17)12-22(27,28)29)11-19-31-15-8-13(10-30)2-4-16(15)32(19)7-1-6-21(24,25)26/h2-5,8-9H,1,6-7,10-12,30H2. The normalized spacial score (nSPS) is 12.8.